The van der Waals surface area contributed by atoms with E-state index in [1.165, 1.54) is 68.8 Å². The number of amides is 11. The molecular weight excluding hydrogens is 1520 g/mol. The van der Waals surface area contributed by atoms with Crippen molar-refractivity contribution in [1.29, 1.82) is 10.8 Å². The normalized spacial score (nSPS) is 14.2. The van der Waals surface area contributed by atoms with E-state index >= 15 is 19.2 Å². The summed E-state index contributed by atoms with van der Waals surface area (Å²) in [5.41, 5.74) is 42.5. The van der Waals surface area contributed by atoms with Gasteiger partial charge in [-0.05, 0) is 159 Å². The van der Waals surface area contributed by atoms with Crippen molar-refractivity contribution in [3.05, 3.63) is 120 Å². The van der Waals surface area contributed by atoms with Crippen LogP contribution in [0.3, 0.4) is 0 Å². The van der Waals surface area contributed by atoms with E-state index in [4.69, 9.17) is 51.0 Å². The molecule has 0 fully saturated rings. The van der Waals surface area contributed by atoms with Crippen LogP contribution in [0.2, 0.25) is 0 Å². The number of unbranched alkanes of at least 4 members (excludes halogenated alkanes) is 4. The predicted octanol–water partition coefficient (Wildman–Crippen LogP) is -5.12. The third-order valence-electron chi connectivity index (χ3n) is 18.7. The van der Waals surface area contributed by atoms with Crippen LogP contribution >= 0.6 is 0 Å². The van der Waals surface area contributed by atoms with Crippen molar-refractivity contribution in [1.82, 2.24) is 99.0 Å². The lowest BCUT2D eigenvalue weighted by molar-refractivity contribution is -0.142. The second-order valence-corrected chi connectivity index (χ2v) is 28.3. The number of nitrogens with zero attached hydrogens (tertiary/aromatic N) is 3. The number of nitrogens with one attached hydrogen (secondary N) is 18. The van der Waals surface area contributed by atoms with E-state index < -0.39 is 149 Å². The number of phenolic OH excluding ortho intramolecular Hbond substituents is 1. The molecule has 642 valence electrons. The molecular formula is C75H118N28O14. The van der Waals surface area contributed by atoms with E-state index in [0.29, 0.717) is 66.9 Å². The van der Waals surface area contributed by atoms with Gasteiger partial charge in [-0.3, -0.25) is 63.6 Å². The topological polar surface area (TPSA) is 718 Å². The predicted molar refractivity (Wildman–Crippen MR) is 431 cm³/mol. The van der Waals surface area contributed by atoms with E-state index in [9.17, 15) is 48.6 Å². The Morgan fingerprint density at radius 3 is 0.889 bits per heavy atom. The SMILES string of the molecule is C[C@H](N)C(=O)N[C@@H](CCCCN)C(=O)N[C@@H](CCCNC(=N)N)C(=O)N[C@@H](Cc1cnc[nH]1)C(=O)N[C@@H](Cc1cnc[nH]1)C(=O)N[C@@H](CCCCN)C(=O)N[C@@H](Cc1ccc(O)cc1)C(=O)N[C@@H](CCCCN)C(=O)N[C@@H](CCCNC(=N)N)C(=O)N[C@@H](CCCCN)C(=O)N[C@@H](Cc1ccccc1)C(=O)N[C@@H](Cc1cnc[nH]1)C(=O)O. The van der Waals surface area contributed by atoms with Crippen LogP contribution in [0.1, 0.15) is 138 Å². The van der Waals surface area contributed by atoms with Crippen LogP contribution in [0, 0.1) is 10.8 Å². The zero-order chi connectivity index (χ0) is 85.6. The number of carbonyl (C=O) groups is 12. The van der Waals surface area contributed by atoms with Gasteiger partial charge in [0.05, 0.1) is 25.0 Å². The van der Waals surface area contributed by atoms with E-state index in [-0.39, 0.29) is 147 Å². The lowest BCUT2D eigenvalue weighted by Crippen LogP contribution is -2.61. The molecule has 34 N–H and O–H groups in total. The summed E-state index contributed by atoms with van der Waals surface area (Å²) in [6, 6.07) is -2.67. The van der Waals surface area contributed by atoms with E-state index in [1.807, 2.05) is 0 Å². The molecule has 0 aliphatic carbocycles. The first kappa shape index (κ1) is 95.4. The summed E-state index contributed by atoms with van der Waals surface area (Å²) in [6.45, 7) is 2.37. The highest BCUT2D eigenvalue weighted by molar-refractivity contribution is 5.99. The number of aliphatic carboxylic acids is 1. The van der Waals surface area contributed by atoms with Crippen molar-refractivity contribution >= 4 is 82.9 Å². The Hall–Kier alpha value is -12.2. The molecule has 5 rings (SSSR count). The number of guanidine groups is 2. The Morgan fingerprint density at radius 1 is 0.359 bits per heavy atom. The quantitative estimate of drug-likeness (QED) is 0.00983. The van der Waals surface area contributed by atoms with Crippen molar-refractivity contribution in [2.75, 3.05) is 39.3 Å². The summed E-state index contributed by atoms with van der Waals surface area (Å²) in [7, 11) is 0. The van der Waals surface area contributed by atoms with Gasteiger partial charge in [0.15, 0.2) is 11.9 Å². The first-order chi connectivity index (χ1) is 56.1. The van der Waals surface area contributed by atoms with Gasteiger partial charge in [0.1, 0.15) is 72.2 Å². The van der Waals surface area contributed by atoms with Crippen LogP contribution in [0.4, 0.5) is 0 Å². The largest absolute Gasteiger partial charge is 0.508 e. The van der Waals surface area contributed by atoms with Gasteiger partial charge in [-0.2, -0.15) is 0 Å². The number of H-pyrrole nitrogens is 3. The fraction of sp³-hybridized carbons (Fsp3) is 0.533. The maximum Gasteiger partial charge on any atom is 0.326 e. The van der Waals surface area contributed by atoms with E-state index in [1.54, 1.807) is 30.3 Å². The number of hydrogen-bond acceptors (Lipinski definition) is 23. The summed E-state index contributed by atoms with van der Waals surface area (Å²) in [6.07, 6.45) is 9.71. The minimum Gasteiger partial charge on any atom is -0.508 e. The molecule has 117 heavy (non-hydrogen) atoms. The summed E-state index contributed by atoms with van der Waals surface area (Å²) < 4.78 is 0. The molecule has 2 aromatic carbocycles. The molecule has 0 spiro atoms. The number of carboxylic acids is 1. The maximum absolute atomic E-state index is 15.2. The minimum absolute atomic E-state index is 0.0332. The number of hydrogen-bond donors (Lipinski definition) is 27. The number of aromatic hydroxyl groups is 1. The summed E-state index contributed by atoms with van der Waals surface area (Å²) in [4.78, 5) is 194. The number of carbonyl (C=O) groups excluding carboxylic acids is 11. The average Bonchev–Trinajstić information content (AvgIpc) is 1.55. The average molecular weight is 1640 g/mol. The third-order valence-corrected chi connectivity index (χ3v) is 18.7. The third kappa shape index (κ3) is 36.1. The number of benzene rings is 2. The van der Waals surface area contributed by atoms with Gasteiger partial charge in [-0.15, -0.1) is 0 Å². The van der Waals surface area contributed by atoms with Gasteiger partial charge < -0.3 is 134 Å². The standard InChI is InChI=1S/C75H118N28O14/c1-44(80)62(105)93-51(17-5-9-27-76)63(106)96-56(22-14-32-89-75(83)84)68(111)101-60(36-48-39-86-42-91-48)72(115)102-59(35-47-38-85-41-90-47)71(114)98-54(20-8-12-30-79)67(110)100-58(34-46-23-25-50(104)26-24-46)69(112)97-52(18-6-10-28-77)64(107)95-55(21-13-31-88-74(81)82)65(108)94-53(19-7-11-29-78)66(109)99-57(33-45-15-3-2-4-16-45)70(113)103-61(73(116)117)37-49-40-87-43-92-49/h2-4,15-16,23-26,38-44,51-61,104H,5-14,17-22,27-37,76-80H2,1H3,(H,85,90)(H,86,91)(H,87,92)(H,93,105)(H,94,108)(H,95,107)(H,96,106)(H,97,112)(H,98,114)(H,99,109)(H,100,110)(H,101,111)(H,102,115)(H,103,113)(H,116,117)(H4,81,82,88)(H4,83,84,89)/t44-,51-,52-,53-,54-,55-,56-,57-,58-,59-,60-,61-/m0/s1. The molecule has 5 aromatic rings. The number of rotatable bonds is 57. The molecule has 42 heteroatoms. The number of aromatic amines is 3. The lowest BCUT2D eigenvalue weighted by atomic mass is 10.0. The first-order valence-corrected chi connectivity index (χ1v) is 39.1. The fourth-order valence-corrected chi connectivity index (χ4v) is 12.3. The van der Waals surface area contributed by atoms with Gasteiger partial charge in [0.2, 0.25) is 65.0 Å². The first-order valence-electron chi connectivity index (χ1n) is 39.1. The fourth-order valence-electron chi connectivity index (χ4n) is 12.3. The second kappa shape index (κ2) is 52.4. The molecule has 12 atom stereocenters. The van der Waals surface area contributed by atoms with Crippen LogP contribution in [0.15, 0.2) is 92.2 Å². The molecule has 3 heterocycles. The summed E-state index contributed by atoms with van der Waals surface area (Å²) >= 11 is 0. The Balaban J connectivity index is 1.47. The highest BCUT2D eigenvalue weighted by Gasteiger charge is 2.38. The van der Waals surface area contributed by atoms with Gasteiger partial charge in [0.25, 0.3) is 0 Å². The Kier molecular flexibility index (Phi) is 42.7. The zero-order valence-corrected chi connectivity index (χ0v) is 65.9. The van der Waals surface area contributed by atoms with Crippen LogP contribution in [0.25, 0.3) is 0 Å². The van der Waals surface area contributed by atoms with Crippen LogP contribution in [-0.4, -0.2) is 235 Å². The smallest absolute Gasteiger partial charge is 0.326 e. The van der Waals surface area contributed by atoms with Gasteiger partial charge in [-0.1, -0.05) is 42.5 Å². The number of aromatic nitrogens is 6. The summed E-state index contributed by atoms with van der Waals surface area (Å²) in [5, 5.41) is 70.9. The molecule has 0 saturated carbocycles. The molecule has 0 unspecified atom stereocenters. The minimum atomic E-state index is -1.58. The van der Waals surface area contributed by atoms with Crippen LogP contribution in [-0.2, 0) is 89.6 Å². The van der Waals surface area contributed by atoms with Crippen molar-refractivity contribution in [3.8, 4) is 5.75 Å². The number of imidazole rings is 3. The zero-order valence-electron chi connectivity index (χ0n) is 65.9. The number of phenols is 1. The Bertz CT molecular complexity index is 3910. The monoisotopic (exact) mass is 1630 g/mol. The van der Waals surface area contributed by atoms with E-state index in [0.717, 1.165) is 0 Å². The number of nitrogens with two attached hydrogens (primary N) is 7. The highest BCUT2D eigenvalue weighted by Crippen LogP contribution is 2.17. The lowest BCUT2D eigenvalue weighted by Gasteiger charge is -2.29. The second-order valence-electron chi connectivity index (χ2n) is 28.3. The summed E-state index contributed by atoms with van der Waals surface area (Å²) in [5.74, 6) is -11.8. The van der Waals surface area contributed by atoms with E-state index in [2.05, 4.69) is 99.0 Å². The molecule has 0 bridgehead atoms. The van der Waals surface area contributed by atoms with Crippen molar-refractivity contribution in [2.45, 2.75) is 214 Å². The Labute approximate surface area is 677 Å². The van der Waals surface area contributed by atoms with Crippen molar-refractivity contribution in [3.63, 3.8) is 0 Å². The van der Waals surface area contributed by atoms with Gasteiger partial charge in [-0.25, -0.2) is 19.7 Å². The van der Waals surface area contributed by atoms with Crippen LogP contribution < -0.4 is 109 Å². The molecule has 3 aromatic heterocycles. The number of carboxylic acid groups (broad SMARTS) is 1. The van der Waals surface area contributed by atoms with Crippen molar-refractivity contribution < 1.29 is 67.7 Å². The molecule has 42 nitrogen and oxygen atoms in total. The molecule has 0 aliphatic rings. The van der Waals surface area contributed by atoms with Gasteiger partial charge in [0, 0.05) is 80.9 Å². The molecule has 11 amide bonds. The maximum atomic E-state index is 15.2. The molecule has 0 radical (unpaired) electrons. The Morgan fingerprint density at radius 2 is 0.615 bits per heavy atom. The highest BCUT2D eigenvalue weighted by atomic mass is 16.4. The molecule has 0 saturated heterocycles. The van der Waals surface area contributed by atoms with Gasteiger partial charge >= 0.3 is 5.97 Å². The van der Waals surface area contributed by atoms with Crippen LogP contribution in [0.5, 0.6) is 5.75 Å². The van der Waals surface area contributed by atoms with Crippen molar-refractivity contribution in [2.24, 2.45) is 40.1 Å². The molecule has 0 aliphatic heterocycles.